The number of rotatable bonds is 3. The summed E-state index contributed by atoms with van der Waals surface area (Å²) in [5.41, 5.74) is 2.14. The molecule has 0 unspecified atom stereocenters. The van der Waals surface area contributed by atoms with Crippen molar-refractivity contribution in [1.82, 2.24) is 0 Å². The molecule has 1 aliphatic carbocycles. The zero-order chi connectivity index (χ0) is 18.3. The third-order valence-electron chi connectivity index (χ3n) is 5.24. The Balaban J connectivity index is 1.79. The minimum absolute atomic E-state index is 0.0699. The number of hydrogen-bond acceptors (Lipinski definition) is 3. The zero-order valence-corrected chi connectivity index (χ0v) is 15.1. The molecule has 0 amide bonds. The van der Waals surface area contributed by atoms with Crippen LogP contribution < -0.4 is 0 Å². The number of allylic oxidation sites excluding steroid dienone is 1. The first kappa shape index (κ1) is 16.8. The van der Waals surface area contributed by atoms with Gasteiger partial charge in [-0.2, -0.15) is 0 Å². The summed E-state index contributed by atoms with van der Waals surface area (Å²) in [7, 11) is 0. The molecule has 3 heteroatoms. The average molecular weight is 346 g/mol. The minimum Gasteiger partial charge on any atom is -0.485 e. The van der Waals surface area contributed by atoms with Gasteiger partial charge in [-0.3, -0.25) is 9.59 Å². The predicted octanol–water partition coefficient (Wildman–Crippen LogP) is 4.70. The number of ether oxygens (including phenoxy) is 1. The molecule has 0 spiro atoms. The quantitative estimate of drug-likeness (QED) is 0.757. The van der Waals surface area contributed by atoms with E-state index in [-0.39, 0.29) is 22.9 Å². The molecule has 0 bridgehead atoms. The second kappa shape index (κ2) is 6.24. The van der Waals surface area contributed by atoms with Crippen molar-refractivity contribution in [3.63, 3.8) is 0 Å². The molecule has 26 heavy (non-hydrogen) atoms. The molecular weight excluding hydrogens is 324 g/mol. The molecule has 1 aliphatic heterocycles. The lowest BCUT2D eigenvalue weighted by molar-refractivity contribution is -0.118. The first-order valence-electron chi connectivity index (χ1n) is 9.03. The number of carbonyl (C=O) groups is 2. The maximum atomic E-state index is 13.2. The molecule has 3 nitrogen and oxygen atoms in total. The third kappa shape index (κ3) is 2.88. The summed E-state index contributed by atoms with van der Waals surface area (Å²) in [6.07, 6.45) is 0.503. The number of benzene rings is 2. The standard InChI is InChI=1S/C23H22O3/c1-23(2)13-17(24)20-18(14-23)26-22(19(20)15-9-5-3-6-10-15)21(25)16-11-7-4-8-12-16/h3-12,19,22H,13-14H2,1-2H3/t19-,22-/m0/s1. The summed E-state index contributed by atoms with van der Waals surface area (Å²) in [5, 5.41) is 0. The largest absolute Gasteiger partial charge is 0.485 e. The fourth-order valence-electron chi connectivity index (χ4n) is 4.08. The van der Waals surface area contributed by atoms with Crippen molar-refractivity contribution in [3.05, 3.63) is 83.1 Å². The van der Waals surface area contributed by atoms with Gasteiger partial charge in [0.05, 0.1) is 5.92 Å². The predicted molar refractivity (Wildman–Crippen MR) is 99.9 cm³/mol. The van der Waals surface area contributed by atoms with Crippen LogP contribution in [0.4, 0.5) is 0 Å². The van der Waals surface area contributed by atoms with Crippen LogP contribution in [-0.2, 0) is 9.53 Å². The molecule has 4 rings (SSSR count). The summed E-state index contributed by atoms with van der Waals surface area (Å²) >= 11 is 0. The van der Waals surface area contributed by atoms with Crippen LogP contribution in [0.15, 0.2) is 72.0 Å². The van der Waals surface area contributed by atoms with Gasteiger partial charge in [0.25, 0.3) is 0 Å². The normalized spacial score (nSPS) is 24.2. The van der Waals surface area contributed by atoms with Crippen molar-refractivity contribution in [2.75, 3.05) is 0 Å². The molecule has 0 saturated heterocycles. The van der Waals surface area contributed by atoms with E-state index in [4.69, 9.17) is 4.74 Å². The van der Waals surface area contributed by atoms with Crippen molar-refractivity contribution in [2.45, 2.75) is 38.7 Å². The van der Waals surface area contributed by atoms with Gasteiger partial charge in [0.2, 0.25) is 5.78 Å². The third-order valence-corrected chi connectivity index (χ3v) is 5.24. The Morgan fingerprint density at radius 3 is 2.23 bits per heavy atom. The second-order valence-corrected chi connectivity index (χ2v) is 7.93. The maximum Gasteiger partial charge on any atom is 0.204 e. The molecule has 2 atom stereocenters. The van der Waals surface area contributed by atoms with E-state index in [0.717, 1.165) is 5.56 Å². The minimum atomic E-state index is -0.678. The summed E-state index contributed by atoms with van der Waals surface area (Å²) < 4.78 is 6.16. The molecule has 132 valence electrons. The van der Waals surface area contributed by atoms with Gasteiger partial charge in [0.1, 0.15) is 5.76 Å². The maximum absolute atomic E-state index is 13.2. The van der Waals surface area contributed by atoms with Crippen LogP contribution in [0.3, 0.4) is 0 Å². The highest BCUT2D eigenvalue weighted by Crippen LogP contribution is 2.49. The van der Waals surface area contributed by atoms with E-state index in [2.05, 4.69) is 13.8 Å². The summed E-state index contributed by atoms with van der Waals surface area (Å²) in [6.45, 7) is 4.14. The Hall–Kier alpha value is -2.68. The first-order chi connectivity index (χ1) is 12.5. The van der Waals surface area contributed by atoms with Gasteiger partial charge in [-0.05, 0) is 11.0 Å². The van der Waals surface area contributed by atoms with Crippen molar-refractivity contribution < 1.29 is 14.3 Å². The van der Waals surface area contributed by atoms with Crippen LogP contribution in [0, 0.1) is 5.41 Å². The summed E-state index contributed by atoms with van der Waals surface area (Å²) in [6, 6.07) is 19.0. The average Bonchev–Trinajstić information content (AvgIpc) is 3.01. The topological polar surface area (TPSA) is 43.4 Å². The monoisotopic (exact) mass is 346 g/mol. The molecule has 2 aliphatic rings. The number of hydrogen-bond donors (Lipinski definition) is 0. The van der Waals surface area contributed by atoms with Crippen LogP contribution in [0.2, 0.25) is 0 Å². The SMILES string of the molecule is CC1(C)CC(=O)C2=C(C1)O[C@H](C(=O)c1ccccc1)[C@H]2c1ccccc1. The van der Waals surface area contributed by atoms with Crippen molar-refractivity contribution in [2.24, 2.45) is 5.41 Å². The van der Waals surface area contributed by atoms with Gasteiger partial charge >= 0.3 is 0 Å². The van der Waals surface area contributed by atoms with Gasteiger partial charge in [0, 0.05) is 24.0 Å². The molecule has 0 saturated carbocycles. The molecule has 0 fully saturated rings. The zero-order valence-electron chi connectivity index (χ0n) is 15.1. The number of carbonyl (C=O) groups excluding carboxylic acids is 2. The Morgan fingerprint density at radius 1 is 0.962 bits per heavy atom. The van der Waals surface area contributed by atoms with Crippen LogP contribution in [0.25, 0.3) is 0 Å². The fourth-order valence-corrected chi connectivity index (χ4v) is 4.08. The van der Waals surface area contributed by atoms with Crippen LogP contribution in [0.1, 0.15) is 48.5 Å². The lowest BCUT2D eigenvalue weighted by atomic mass is 9.72. The highest BCUT2D eigenvalue weighted by Gasteiger charge is 2.48. The Labute approximate surface area is 153 Å². The summed E-state index contributed by atoms with van der Waals surface area (Å²) in [5.74, 6) is 0.407. The van der Waals surface area contributed by atoms with E-state index < -0.39 is 6.10 Å². The van der Waals surface area contributed by atoms with E-state index >= 15 is 0 Å². The highest BCUT2D eigenvalue weighted by molar-refractivity contribution is 6.05. The van der Waals surface area contributed by atoms with Crippen LogP contribution in [0.5, 0.6) is 0 Å². The molecule has 2 aromatic rings. The van der Waals surface area contributed by atoms with Gasteiger partial charge in [0.15, 0.2) is 11.9 Å². The van der Waals surface area contributed by atoms with Gasteiger partial charge in [-0.25, -0.2) is 0 Å². The second-order valence-electron chi connectivity index (χ2n) is 7.93. The van der Waals surface area contributed by atoms with Gasteiger partial charge in [-0.1, -0.05) is 74.5 Å². The molecule has 0 aromatic heterocycles. The Kier molecular flexibility index (Phi) is 4.03. The number of Topliss-reactive ketones (excluding diaryl/α,β-unsaturated/α-hetero) is 2. The fraction of sp³-hybridized carbons (Fsp3) is 0.304. The van der Waals surface area contributed by atoms with Crippen LogP contribution >= 0.6 is 0 Å². The van der Waals surface area contributed by atoms with E-state index in [1.54, 1.807) is 12.1 Å². The molecule has 1 heterocycles. The Bertz CT molecular complexity index is 878. The van der Waals surface area contributed by atoms with Crippen molar-refractivity contribution >= 4 is 11.6 Å². The lowest BCUT2D eigenvalue weighted by Crippen LogP contribution is -2.29. The highest BCUT2D eigenvalue weighted by atomic mass is 16.5. The first-order valence-corrected chi connectivity index (χ1v) is 9.03. The molecule has 2 aromatic carbocycles. The van der Waals surface area contributed by atoms with Gasteiger partial charge in [-0.15, -0.1) is 0 Å². The molecule has 0 N–H and O–H groups in total. The Morgan fingerprint density at radius 2 is 1.58 bits per heavy atom. The number of ketones is 2. The van der Waals surface area contributed by atoms with E-state index in [9.17, 15) is 9.59 Å². The molecular formula is C23H22O3. The lowest BCUT2D eigenvalue weighted by Gasteiger charge is -2.29. The van der Waals surface area contributed by atoms with E-state index in [1.165, 1.54) is 0 Å². The van der Waals surface area contributed by atoms with E-state index in [1.807, 2.05) is 48.5 Å². The van der Waals surface area contributed by atoms with Crippen LogP contribution in [-0.4, -0.2) is 17.7 Å². The van der Waals surface area contributed by atoms with Gasteiger partial charge < -0.3 is 4.74 Å². The molecule has 0 radical (unpaired) electrons. The van der Waals surface area contributed by atoms with Crippen molar-refractivity contribution in [3.8, 4) is 0 Å². The smallest absolute Gasteiger partial charge is 0.204 e. The summed E-state index contributed by atoms with van der Waals surface area (Å²) in [4.78, 5) is 26.1. The van der Waals surface area contributed by atoms with Crippen molar-refractivity contribution in [1.29, 1.82) is 0 Å². The van der Waals surface area contributed by atoms with E-state index in [0.29, 0.717) is 29.7 Å².